The van der Waals surface area contributed by atoms with Crippen molar-refractivity contribution in [2.75, 3.05) is 5.32 Å². The highest BCUT2D eigenvalue weighted by Crippen LogP contribution is 2.26. The van der Waals surface area contributed by atoms with E-state index < -0.39 is 5.95 Å². The molecule has 1 unspecified atom stereocenters. The molecular formula is C11H13FN4S. The lowest BCUT2D eigenvalue weighted by molar-refractivity contribution is 0.579. The summed E-state index contributed by atoms with van der Waals surface area (Å²) in [5, 5.41) is 4.16. The summed E-state index contributed by atoms with van der Waals surface area (Å²) in [6.45, 7) is 5.94. The first-order chi connectivity index (χ1) is 8.06. The van der Waals surface area contributed by atoms with Crippen LogP contribution in [0.2, 0.25) is 0 Å². The van der Waals surface area contributed by atoms with Crippen molar-refractivity contribution in [3.05, 3.63) is 33.9 Å². The Morgan fingerprint density at radius 2 is 2.12 bits per heavy atom. The number of aromatic nitrogens is 3. The van der Waals surface area contributed by atoms with Gasteiger partial charge in [0.1, 0.15) is 12.1 Å². The van der Waals surface area contributed by atoms with Crippen LogP contribution in [0.15, 0.2) is 12.4 Å². The van der Waals surface area contributed by atoms with E-state index >= 15 is 0 Å². The van der Waals surface area contributed by atoms with Crippen molar-refractivity contribution in [3.8, 4) is 0 Å². The van der Waals surface area contributed by atoms with Gasteiger partial charge in [-0.05, 0) is 20.8 Å². The van der Waals surface area contributed by atoms with E-state index in [4.69, 9.17) is 0 Å². The average Bonchev–Trinajstić information content (AvgIpc) is 2.58. The molecule has 2 rings (SSSR count). The molecule has 0 aliphatic rings. The molecule has 2 aromatic rings. The van der Waals surface area contributed by atoms with Crippen molar-refractivity contribution >= 4 is 17.2 Å². The zero-order chi connectivity index (χ0) is 12.4. The molecule has 1 N–H and O–H groups in total. The van der Waals surface area contributed by atoms with E-state index in [0.29, 0.717) is 5.82 Å². The number of aryl methyl sites for hydroxylation is 2. The summed E-state index contributed by atoms with van der Waals surface area (Å²) in [5.41, 5.74) is 1.00. The van der Waals surface area contributed by atoms with Gasteiger partial charge >= 0.3 is 0 Å². The predicted molar refractivity (Wildman–Crippen MR) is 65.6 cm³/mol. The highest BCUT2D eigenvalue weighted by Gasteiger charge is 2.13. The molecular weight excluding hydrogens is 239 g/mol. The summed E-state index contributed by atoms with van der Waals surface area (Å²) in [5.74, 6) is -0.0534. The second-order valence-corrected chi connectivity index (χ2v) is 5.01. The molecule has 0 aliphatic carbocycles. The molecule has 0 fully saturated rings. The van der Waals surface area contributed by atoms with E-state index in [1.54, 1.807) is 11.3 Å². The van der Waals surface area contributed by atoms with Gasteiger partial charge in [-0.15, -0.1) is 11.3 Å². The van der Waals surface area contributed by atoms with E-state index in [1.807, 2.05) is 20.8 Å². The lowest BCUT2D eigenvalue weighted by atomic mass is 10.2. The summed E-state index contributed by atoms with van der Waals surface area (Å²) in [6, 6.07) is 1.33. The zero-order valence-electron chi connectivity index (χ0n) is 9.86. The van der Waals surface area contributed by atoms with Gasteiger partial charge in [0.05, 0.1) is 16.7 Å². The number of nitrogens with one attached hydrogen (secondary N) is 1. The van der Waals surface area contributed by atoms with Gasteiger partial charge in [0.25, 0.3) is 0 Å². The minimum Gasteiger partial charge on any atom is -0.362 e. The van der Waals surface area contributed by atoms with E-state index in [-0.39, 0.29) is 6.04 Å². The third kappa shape index (κ3) is 2.76. The molecule has 2 heterocycles. The van der Waals surface area contributed by atoms with Gasteiger partial charge in [-0.2, -0.15) is 4.39 Å². The smallest absolute Gasteiger partial charge is 0.217 e. The predicted octanol–water partition coefficient (Wildman–Crippen LogP) is 2.86. The molecule has 17 heavy (non-hydrogen) atoms. The Balaban J connectivity index is 2.16. The molecule has 0 aromatic carbocycles. The lowest BCUT2D eigenvalue weighted by Gasteiger charge is -2.13. The van der Waals surface area contributed by atoms with Crippen molar-refractivity contribution in [1.29, 1.82) is 0 Å². The van der Waals surface area contributed by atoms with Crippen LogP contribution in [0.25, 0.3) is 0 Å². The average molecular weight is 252 g/mol. The van der Waals surface area contributed by atoms with Crippen LogP contribution < -0.4 is 5.32 Å². The third-order valence-electron chi connectivity index (χ3n) is 2.33. The number of nitrogens with zero attached hydrogens (tertiary/aromatic N) is 3. The Labute approximate surface area is 103 Å². The molecule has 0 radical (unpaired) electrons. The molecule has 1 atom stereocenters. The fourth-order valence-corrected chi connectivity index (χ4v) is 2.58. The number of rotatable bonds is 3. The summed E-state index contributed by atoms with van der Waals surface area (Å²) in [7, 11) is 0. The molecule has 90 valence electrons. The van der Waals surface area contributed by atoms with Crippen LogP contribution in [0.5, 0.6) is 0 Å². The van der Waals surface area contributed by atoms with Crippen LogP contribution in [0.1, 0.15) is 28.5 Å². The first kappa shape index (κ1) is 11.9. The molecule has 0 saturated carbocycles. The largest absolute Gasteiger partial charge is 0.362 e. The van der Waals surface area contributed by atoms with Gasteiger partial charge < -0.3 is 5.32 Å². The Kier molecular flexibility index (Phi) is 3.33. The van der Waals surface area contributed by atoms with Crippen molar-refractivity contribution in [1.82, 2.24) is 15.0 Å². The fourth-order valence-electron chi connectivity index (χ4n) is 1.65. The monoisotopic (exact) mass is 252 g/mol. The summed E-state index contributed by atoms with van der Waals surface area (Å²) >= 11 is 1.64. The van der Waals surface area contributed by atoms with Crippen LogP contribution in [0.4, 0.5) is 10.2 Å². The lowest BCUT2D eigenvalue weighted by Crippen LogP contribution is -2.08. The van der Waals surface area contributed by atoms with Crippen LogP contribution in [-0.2, 0) is 0 Å². The van der Waals surface area contributed by atoms with Crippen molar-refractivity contribution in [2.24, 2.45) is 0 Å². The second kappa shape index (κ2) is 4.75. The molecule has 0 aliphatic heterocycles. The summed E-state index contributed by atoms with van der Waals surface area (Å²) in [4.78, 5) is 12.9. The van der Waals surface area contributed by atoms with Crippen LogP contribution >= 0.6 is 11.3 Å². The first-order valence-corrected chi connectivity index (χ1v) is 6.06. The third-order valence-corrected chi connectivity index (χ3v) is 3.59. The van der Waals surface area contributed by atoms with E-state index in [0.717, 1.165) is 15.6 Å². The van der Waals surface area contributed by atoms with Gasteiger partial charge in [-0.25, -0.2) is 15.0 Å². The maximum atomic E-state index is 12.9. The molecule has 0 saturated heterocycles. The highest BCUT2D eigenvalue weighted by molar-refractivity contribution is 7.11. The molecule has 0 amide bonds. The van der Waals surface area contributed by atoms with Crippen LogP contribution in [-0.4, -0.2) is 15.0 Å². The fraction of sp³-hybridized carbons (Fsp3) is 0.364. The number of thiazole rings is 1. The van der Waals surface area contributed by atoms with Gasteiger partial charge in [-0.1, -0.05) is 0 Å². The van der Waals surface area contributed by atoms with E-state index in [1.165, 1.54) is 12.4 Å². The molecule has 2 aromatic heterocycles. The first-order valence-electron chi connectivity index (χ1n) is 5.24. The Bertz CT molecular complexity index is 526. The van der Waals surface area contributed by atoms with Crippen LogP contribution in [0.3, 0.4) is 0 Å². The minimum absolute atomic E-state index is 0.0514. The quantitative estimate of drug-likeness (QED) is 0.853. The molecule has 4 nitrogen and oxygen atoms in total. The minimum atomic E-state index is -0.535. The Morgan fingerprint density at radius 3 is 2.71 bits per heavy atom. The normalized spacial score (nSPS) is 12.5. The number of hydrogen-bond acceptors (Lipinski definition) is 5. The second-order valence-electron chi connectivity index (χ2n) is 3.77. The van der Waals surface area contributed by atoms with Gasteiger partial charge in [0.2, 0.25) is 5.95 Å². The Hall–Kier alpha value is -1.56. The summed E-state index contributed by atoms with van der Waals surface area (Å²) in [6.07, 6.45) is 1.20. The van der Waals surface area contributed by atoms with Crippen molar-refractivity contribution in [2.45, 2.75) is 26.8 Å². The molecule has 0 spiro atoms. The zero-order valence-corrected chi connectivity index (χ0v) is 10.7. The van der Waals surface area contributed by atoms with Gasteiger partial charge in [0.15, 0.2) is 0 Å². The van der Waals surface area contributed by atoms with Gasteiger partial charge in [-0.3, -0.25) is 0 Å². The topological polar surface area (TPSA) is 50.7 Å². The highest BCUT2D eigenvalue weighted by atomic mass is 32.1. The maximum absolute atomic E-state index is 12.9. The molecule has 6 heteroatoms. The van der Waals surface area contributed by atoms with Crippen molar-refractivity contribution < 1.29 is 4.39 Å². The number of hydrogen-bond donors (Lipinski definition) is 1. The standard InChI is InChI=1S/C11H13FN4S/c1-6-11(17-8(3)15-6)7(2)16-10-4-9(12)13-5-14-10/h4-5,7H,1-3H3,(H,13,14,16). The van der Waals surface area contributed by atoms with E-state index in [2.05, 4.69) is 20.3 Å². The van der Waals surface area contributed by atoms with Crippen LogP contribution in [0, 0.1) is 19.8 Å². The van der Waals surface area contributed by atoms with Gasteiger partial charge in [0, 0.05) is 10.9 Å². The van der Waals surface area contributed by atoms with E-state index in [9.17, 15) is 4.39 Å². The van der Waals surface area contributed by atoms with Crippen molar-refractivity contribution in [3.63, 3.8) is 0 Å². The Morgan fingerprint density at radius 1 is 1.35 bits per heavy atom. The maximum Gasteiger partial charge on any atom is 0.217 e. The summed E-state index contributed by atoms with van der Waals surface area (Å²) < 4.78 is 12.9. The number of halogens is 1. The number of anilines is 1. The molecule has 0 bridgehead atoms. The SMILES string of the molecule is Cc1nc(C)c(C(C)Nc2cc(F)ncn2)s1.